The fraction of sp³-hybridized carbons (Fsp3) is 0.619. The Kier molecular flexibility index (Phi) is 5.52. The Labute approximate surface area is 177 Å². The maximum Gasteiger partial charge on any atom is 0.290 e. The smallest absolute Gasteiger partial charge is 0.290 e. The number of likely N-dealkylation sites (tertiary alicyclic amines) is 1. The molecule has 0 spiro atoms. The maximum absolute atomic E-state index is 13.2. The van der Waals surface area contributed by atoms with Gasteiger partial charge in [0.15, 0.2) is 5.76 Å². The lowest BCUT2D eigenvalue weighted by Gasteiger charge is -2.28. The zero-order valence-corrected chi connectivity index (χ0v) is 18.5. The van der Waals surface area contributed by atoms with Crippen molar-refractivity contribution in [2.24, 2.45) is 11.8 Å². The van der Waals surface area contributed by atoms with E-state index in [2.05, 4.69) is 4.90 Å². The number of hydrogen-bond acceptors (Lipinski definition) is 6. The van der Waals surface area contributed by atoms with Gasteiger partial charge in [0.1, 0.15) is 5.76 Å². The van der Waals surface area contributed by atoms with E-state index >= 15 is 0 Å². The molecule has 2 saturated heterocycles. The zero-order chi connectivity index (χ0) is 21.6. The van der Waals surface area contributed by atoms with E-state index in [0.29, 0.717) is 12.2 Å². The average molecular weight is 436 g/mol. The number of sulfonamides is 1. The molecule has 30 heavy (non-hydrogen) atoms. The Morgan fingerprint density at radius 3 is 2.53 bits per heavy atom. The second kappa shape index (κ2) is 7.85. The van der Waals surface area contributed by atoms with E-state index in [9.17, 15) is 18.0 Å². The first-order chi connectivity index (χ1) is 14.2. The average Bonchev–Trinajstić information content (AvgIpc) is 3.35. The largest absolute Gasteiger partial charge is 0.455 e. The van der Waals surface area contributed by atoms with E-state index in [1.165, 1.54) is 19.3 Å². The minimum Gasteiger partial charge on any atom is -0.455 e. The molecule has 0 aromatic carbocycles. The van der Waals surface area contributed by atoms with E-state index in [0.717, 1.165) is 29.4 Å². The molecule has 1 aromatic heterocycles. The van der Waals surface area contributed by atoms with Crippen molar-refractivity contribution in [3.63, 3.8) is 0 Å². The molecule has 0 radical (unpaired) electrons. The normalized spacial score (nSPS) is 25.2. The van der Waals surface area contributed by atoms with Gasteiger partial charge in [-0.1, -0.05) is 20.3 Å². The number of amides is 2. The van der Waals surface area contributed by atoms with Gasteiger partial charge in [0.05, 0.1) is 30.5 Å². The Bertz CT molecular complexity index is 975. The van der Waals surface area contributed by atoms with Crippen molar-refractivity contribution in [3.8, 4) is 0 Å². The second-order valence-corrected chi connectivity index (χ2v) is 10.6. The van der Waals surface area contributed by atoms with Crippen LogP contribution in [0, 0.1) is 11.8 Å². The minimum absolute atomic E-state index is 0.114. The third-order valence-electron chi connectivity index (χ3n) is 6.21. The van der Waals surface area contributed by atoms with Gasteiger partial charge in [0, 0.05) is 6.54 Å². The summed E-state index contributed by atoms with van der Waals surface area (Å²) in [6, 6.07) is 2.92. The van der Waals surface area contributed by atoms with E-state index in [1.807, 2.05) is 19.9 Å². The number of furan rings is 1. The Morgan fingerprint density at radius 1 is 1.20 bits per heavy atom. The SMILES string of the molecule is CC(C)[C@H]1C(=O)N(S(C)(=O)=O)C2=CCN(C(=O)c3ccc(CN4CCCCC4)o3)[C@@H]21. The highest BCUT2D eigenvalue weighted by molar-refractivity contribution is 7.89. The van der Waals surface area contributed by atoms with Gasteiger partial charge >= 0.3 is 0 Å². The molecule has 4 heterocycles. The van der Waals surface area contributed by atoms with Crippen molar-refractivity contribution in [2.45, 2.75) is 45.7 Å². The summed E-state index contributed by atoms with van der Waals surface area (Å²) in [5, 5.41) is 0. The molecule has 8 nitrogen and oxygen atoms in total. The molecule has 0 N–H and O–H groups in total. The van der Waals surface area contributed by atoms with Gasteiger partial charge in [-0.15, -0.1) is 0 Å². The molecule has 2 fully saturated rings. The molecule has 3 aliphatic rings. The molecule has 0 unspecified atom stereocenters. The molecule has 3 aliphatic heterocycles. The number of nitrogens with zero attached hydrogens (tertiary/aromatic N) is 3. The third-order valence-corrected chi connectivity index (χ3v) is 7.26. The molecule has 9 heteroatoms. The summed E-state index contributed by atoms with van der Waals surface area (Å²) in [6.07, 6.45) is 6.30. The van der Waals surface area contributed by atoms with Crippen molar-refractivity contribution in [2.75, 3.05) is 25.9 Å². The Hall–Kier alpha value is -2.13. The standard InChI is InChI=1S/C21H29N3O5S/c1-14(2)18-19-16(24(21(18)26)30(3,27)28)9-12-23(19)20(25)17-8-7-15(29-17)13-22-10-5-4-6-11-22/h7-9,14,18-19H,4-6,10-13H2,1-3H3/t18-,19+/m1/s1. The minimum atomic E-state index is -3.75. The molecule has 2 amide bonds. The molecule has 164 valence electrons. The van der Waals surface area contributed by atoms with Crippen LogP contribution < -0.4 is 0 Å². The first kappa shape index (κ1) is 21.1. The van der Waals surface area contributed by atoms with Crippen LogP contribution in [0.3, 0.4) is 0 Å². The molecular weight excluding hydrogens is 406 g/mol. The second-order valence-electron chi connectivity index (χ2n) is 8.77. The summed E-state index contributed by atoms with van der Waals surface area (Å²) in [6.45, 7) is 6.74. The number of piperidine rings is 1. The van der Waals surface area contributed by atoms with Gasteiger partial charge in [-0.25, -0.2) is 12.7 Å². The first-order valence-electron chi connectivity index (χ1n) is 10.5. The summed E-state index contributed by atoms with van der Waals surface area (Å²) in [7, 11) is -3.75. The molecular formula is C21H29N3O5S. The van der Waals surface area contributed by atoms with Crippen molar-refractivity contribution < 1.29 is 22.4 Å². The fourth-order valence-electron chi connectivity index (χ4n) is 4.84. The number of carbonyl (C=O) groups excluding carboxylic acids is 2. The van der Waals surface area contributed by atoms with Gasteiger partial charge < -0.3 is 9.32 Å². The summed E-state index contributed by atoms with van der Waals surface area (Å²) >= 11 is 0. The molecule has 0 bridgehead atoms. The number of fused-ring (bicyclic) bond motifs is 1. The Morgan fingerprint density at radius 2 is 1.90 bits per heavy atom. The summed E-state index contributed by atoms with van der Waals surface area (Å²) in [5.74, 6) is -0.522. The molecule has 0 saturated carbocycles. The van der Waals surface area contributed by atoms with Crippen LogP contribution in [0.5, 0.6) is 0 Å². The lowest BCUT2D eigenvalue weighted by molar-refractivity contribution is -0.128. The highest BCUT2D eigenvalue weighted by Crippen LogP contribution is 2.41. The van der Waals surface area contributed by atoms with Crippen LogP contribution in [0.4, 0.5) is 0 Å². The highest BCUT2D eigenvalue weighted by atomic mass is 32.2. The Balaban J connectivity index is 1.55. The van der Waals surface area contributed by atoms with Crippen molar-refractivity contribution in [3.05, 3.63) is 35.4 Å². The van der Waals surface area contributed by atoms with Crippen LogP contribution >= 0.6 is 0 Å². The highest BCUT2D eigenvalue weighted by Gasteiger charge is 2.55. The third kappa shape index (κ3) is 3.69. The van der Waals surface area contributed by atoms with Crippen LogP contribution in [0.25, 0.3) is 0 Å². The summed E-state index contributed by atoms with van der Waals surface area (Å²) in [5.41, 5.74) is 0.384. The maximum atomic E-state index is 13.2. The predicted molar refractivity (Wildman–Crippen MR) is 111 cm³/mol. The molecule has 2 atom stereocenters. The van der Waals surface area contributed by atoms with Crippen molar-refractivity contribution >= 4 is 21.8 Å². The fourth-order valence-corrected chi connectivity index (χ4v) is 5.85. The van der Waals surface area contributed by atoms with Crippen LogP contribution in [-0.4, -0.2) is 66.3 Å². The van der Waals surface area contributed by atoms with Gasteiger partial charge in [0.2, 0.25) is 15.9 Å². The van der Waals surface area contributed by atoms with Crippen molar-refractivity contribution in [1.82, 2.24) is 14.1 Å². The van der Waals surface area contributed by atoms with Crippen LogP contribution in [-0.2, 0) is 21.4 Å². The van der Waals surface area contributed by atoms with Gasteiger partial charge in [-0.2, -0.15) is 0 Å². The lowest BCUT2D eigenvalue weighted by atomic mass is 9.89. The van der Waals surface area contributed by atoms with Crippen LogP contribution in [0.1, 0.15) is 49.4 Å². The topological polar surface area (TPSA) is 91.1 Å². The number of hydrogen-bond donors (Lipinski definition) is 0. The van der Waals surface area contributed by atoms with E-state index in [-0.39, 0.29) is 24.1 Å². The molecule has 1 aromatic rings. The number of rotatable bonds is 5. The number of carbonyl (C=O) groups is 2. The van der Waals surface area contributed by atoms with Crippen LogP contribution in [0.15, 0.2) is 28.3 Å². The van der Waals surface area contributed by atoms with Crippen LogP contribution in [0.2, 0.25) is 0 Å². The molecule has 0 aliphatic carbocycles. The van der Waals surface area contributed by atoms with E-state index in [1.54, 1.807) is 17.0 Å². The van der Waals surface area contributed by atoms with Gasteiger partial charge in [0.25, 0.3) is 5.91 Å². The first-order valence-corrected chi connectivity index (χ1v) is 12.4. The van der Waals surface area contributed by atoms with Gasteiger partial charge in [-0.05, 0) is 50.1 Å². The molecule has 4 rings (SSSR count). The quantitative estimate of drug-likeness (QED) is 0.703. The van der Waals surface area contributed by atoms with E-state index < -0.39 is 27.9 Å². The monoisotopic (exact) mass is 435 g/mol. The van der Waals surface area contributed by atoms with Gasteiger partial charge in [-0.3, -0.25) is 14.5 Å². The van der Waals surface area contributed by atoms with Crippen molar-refractivity contribution in [1.29, 1.82) is 0 Å². The lowest BCUT2D eigenvalue weighted by Crippen LogP contribution is -2.42. The van der Waals surface area contributed by atoms with E-state index in [4.69, 9.17) is 4.42 Å². The summed E-state index contributed by atoms with van der Waals surface area (Å²) in [4.78, 5) is 30.0. The summed E-state index contributed by atoms with van der Waals surface area (Å²) < 4.78 is 31.2. The zero-order valence-electron chi connectivity index (χ0n) is 17.7. The predicted octanol–water partition coefficient (Wildman–Crippen LogP) is 2.05.